The lowest BCUT2D eigenvalue weighted by Crippen LogP contribution is -2.15. The van der Waals surface area contributed by atoms with Crippen molar-refractivity contribution in [3.05, 3.63) is 23.6 Å². The number of rotatable bonds is 3. The topological polar surface area (TPSA) is 89.9 Å². The molecule has 16 heavy (non-hydrogen) atoms. The summed E-state index contributed by atoms with van der Waals surface area (Å²) in [6, 6.07) is 0. The Kier molecular flexibility index (Phi) is 2.47. The van der Waals surface area contributed by atoms with Crippen molar-refractivity contribution < 1.29 is 9.63 Å². The first kappa shape index (κ1) is 10.7. The van der Waals surface area contributed by atoms with Crippen molar-refractivity contribution in [3.63, 3.8) is 0 Å². The highest BCUT2D eigenvalue weighted by Gasteiger charge is 2.20. The monoisotopic (exact) mass is 223 g/mol. The lowest BCUT2D eigenvalue weighted by atomic mass is 10.1. The summed E-state index contributed by atoms with van der Waals surface area (Å²) in [7, 11) is 0. The molecule has 0 atom stereocenters. The van der Waals surface area contributed by atoms with Gasteiger partial charge in [0.2, 0.25) is 5.89 Å². The van der Waals surface area contributed by atoms with Crippen molar-refractivity contribution in [2.45, 2.75) is 32.9 Å². The van der Waals surface area contributed by atoms with Crippen molar-refractivity contribution in [1.29, 1.82) is 0 Å². The van der Waals surface area contributed by atoms with Crippen LogP contribution < -0.4 is 0 Å². The average molecular weight is 223 g/mol. The minimum absolute atomic E-state index is 0.351. The summed E-state index contributed by atoms with van der Waals surface area (Å²) in [5.74, 6) is 1.04. The van der Waals surface area contributed by atoms with E-state index in [0.29, 0.717) is 24.0 Å². The highest BCUT2D eigenvalue weighted by atomic mass is 16.5. The van der Waals surface area contributed by atoms with E-state index in [-0.39, 0.29) is 0 Å². The maximum atomic E-state index is 9.71. The quantitative estimate of drug-likeness (QED) is 0.801. The highest BCUT2D eigenvalue weighted by Crippen LogP contribution is 2.15. The van der Waals surface area contributed by atoms with Gasteiger partial charge in [-0.3, -0.25) is 0 Å². The number of aromatic nitrogens is 5. The third-order valence-electron chi connectivity index (χ3n) is 2.03. The maximum Gasteiger partial charge on any atom is 0.248 e. The zero-order valence-corrected chi connectivity index (χ0v) is 9.38. The van der Waals surface area contributed by atoms with Crippen LogP contribution in [0, 0.1) is 6.92 Å². The van der Waals surface area contributed by atoms with Gasteiger partial charge in [0.1, 0.15) is 17.8 Å². The highest BCUT2D eigenvalue weighted by molar-refractivity contribution is 5.03. The van der Waals surface area contributed by atoms with Crippen LogP contribution in [0.25, 0.3) is 0 Å². The molecule has 0 unspecified atom stereocenters. The summed E-state index contributed by atoms with van der Waals surface area (Å²) in [6.45, 7) is 5.40. The molecule has 0 aliphatic carbocycles. The summed E-state index contributed by atoms with van der Waals surface area (Å²) >= 11 is 0. The molecule has 0 spiro atoms. The molecule has 0 bridgehead atoms. The van der Waals surface area contributed by atoms with E-state index >= 15 is 0 Å². The Morgan fingerprint density at radius 1 is 1.50 bits per heavy atom. The molecule has 0 saturated heterocycles. The molecular formula is C9H13N5O2. The molecule has 7 nitrogen and oxygen atoms in total. The molecule has 0 aromatic carbocycles. The molecule has 2 heterocycles. The smallest absolute Gasteiger partial charge is 0.248 e. The van der Waals surface area contributed by atoms with Gasteiger partial charge in [0.15, 0.2) is 5.82 Å². The van der Waals surface area contributed by atoms with E-state index in [1.54, 1.807) is 31.6 Å². The fraction of sp³-hybridized carbons (Fsp3) is 0.556. The van der Waals surface area contributed by atoms with Gasteiger partial charge < -0.3 is 9.63 Å². The maximum absolute atomic E-state index is 9.71. The van der Waals surface area contributed by atoms with Crippen LogP contribution >= 0.6 is 0 Å². The molecule has 0 radical (unpaired) electrons. The molecule has 2 rings (SSSR count). The Morgan fingerprint density at radius 2 is 2.25 bits per heavy atom. The molecule has 2 aromatic heterocycles. The van der Waals surface area contributed by atoms with Crippen molar-refractivity contribution >= 4 is 0 Å². The number of aryl methyl sites for hydroxylation is 1. The predicted octanol–water partition coefficient (Wildman–Crippen LogP) is 0.245. The Bertz CT molecular complexity index is 482. The van der Waals surface area contributed by atoms with Crippen LogP contribution in [0.1, 0.15) is 31.3 Å². The summed E-state index contributed by atoms with van der Waals surface area (Å²) in [5.41, 5.74) is -0.494. The fourth-order valence-corrected chi connectivity index (χ4v) is 1.20. The second kappa shape index (κ2) is 3.67. The van der Waals surface area contributed by atoms with Crippen molar-refractivity contribution in [2.75, 3.05) is 0 Å². The molecule has 0 amide bonds. The third-order valence-corrected chi connectivity index (χ3v) is 2.03. The fourth-order valence-electron chi connectivity index (χ4n) is 1.20. The van der Waals surface area contributed by atoms with Gasteiger partial charge >= 0.3 is 0 Å². The minimum Gasteiger partial charge on any atom is -0.384 e. The average Bonchev–Trinajstić information content (AvgIpc) is 2.74. The molecule has 0 aliphatic heterocycles. The van der Waals surface area contributed by atoms with Crippen molar-refractivity contribution in [1.82, 2.24) is 25.1 Å². The summed E-state index contributed by atoms with van der Waals surface area (Å²) < 4.78 is 6.49. The lowest BCUT2D eigenvalue weighted by Gasteiger charge is -2.11. The van der Waals surface area contributed by atoms with E-state index in [4.69, 9.17) is 4.52 Å². The van der Waals surface area contributed by atoms with Crippen LogP contribution in [0.3, 0.4) is 0 Å². The second-order valence-corrected chi connectivity index (χ2v) is 4.10. The van der Waals surface area contributed by atoms with Gasteiger partial charge in [-0.25, -0.2) is 4.68 Å². The summed E-state index contributed by atoms with van der Waals surface area (Å²) in [5, 5.41) is 21.1. The van der Waals surface area contributed by atoms with E-state index in [1.807, 2.05) is 0 Å². The van der Waals surface area contributed by atoms with Gasteiger partial charge in [0.05, 0.1) is 6.20 Å². The standard InChI is InChI=1S/C9H13N5O2/c1-6-10-8(16-12-6)5-14-4-7(11-13-14)9(2,3)15/h4,15H,5H2,1-3H3. The molecule has 1 N–H and O–H groups in total. The van der Waals surface area contributed by atoms with E-state index < -0.39 is 5.60 Å². The van der Waals surface area contributed by atoms with Gasteiger partial charge in [-0.2, -0.15) is 4.98 Å². The van der Waals surface area contributed by atoms with Crippen molar-refractivity contribution in [2.24, 2.45) is 0 Å². The molecule has 0 saturated carbocycles. The number of hydrogen-bond acceptors (Lipinski definition) is 6. The molecule has 86 valence electrons. The number of hydrogen-bond donors (Lipinski definition) is 1. The van der Waals surface area contributed by atoms with Gasteiger partial charge in [0, 0.05) is 0 Å². The Morgan fingerprint density at radius 3 is 2.75 bits per heavy atom. The first-order valence-electron chi connectivity index (χ1n) is 4.87. The summed E-state index contributed by atoms with van der Waals surface area (Å²) in [4.78, 5) is 4.05. The molecule has 2 aromatic rings. The van der Waals surface area contributed by atoms with Gasteiger partial charge in [0.25, 0.3) is 0 Å². The van der Waals surface area contributed by atoms with Gasteiger partial charge in [-0.05, 0) is 20.8 Å². The van der Waals surface area contributed by atoms with E-state index in [9.17, 15) is 5.11 Å². The van der Waals surface area contributed by atoms with E-state index in [2.05, 4.69) is 20.5 Å². The van der Waals surface area contributed by atoms with E-state index in [1.165, 1.54) is 0 Å². The van der Waals surface area contributed by atoms with E-state index in [0.717, 1.165) is 0 Å². The Balaban J connectivity index is 2.14. The van der Waals surface area contributed by atoms with Crippen LogP contribution in [0.5, 0.6) is 0 Å². The second-order valence-electron chi connectivity index (χ2n) is 4.10. The molecule has 0 fully saturated rings. The first-order chi connectivity index (χ1) is 7.45. The van der Waals surface area contributed by atoms with Crippen molar-refractivity contribution in [3.8, 4) is 0 Å². The van der Waals surface area contributed by atoms with Crippen LogP contribution in [-0.2, 0) is 12.1 Å². The Labute approximate surface area is 92.1 Å². The van der Waals surface area contributed by atoms with Crippen LogP contribution in [0.4, 0.5) is 0 Å². The van der Waals surface area contributed by atoms with Crippen LogP contribution in [-0.4, -0.2) is 30.2 Å². The number of aliphatic hydroxyl groups is 1. The Hall–Kier alpha value is -1.76. The number of nitrogens with zero attached hydrogens (tertiary/aromatic N) is 5. The van der Waals surface area contributed by atoms with Crippen LogP contribution in [0.2, 0.25) is 0 Å². The van der Waals surface area contributed by atoms with Gasteiger partial charge in [-0.15, -0.1) is 5.10 Å². The molecular weight excluding hydrogens is 210 g/mol. The zero-order chi connectivity index (χ0) is 11.8. The largest absolute Gasteiger partial charge is 0.384 e. The summed E-state index contributed by atoms with van der Waals surface area (Å²) in [6.07, 6.45) is 1.65. The zero-order valence-electron chi connectivity index (χ0n) is 9.38. The molecule has 7 heteroatoms. The normalized spacial score (nSPS) is 12.0. The third kappa shape index (κ3) is 2.25. The van der Waals surface area contributed by atoms with Crippen LogP contribution in [0.15, 0.2) is 10.7 Å². The predicted molar refractivity (Wildman–Crippen MR) is 53.4 cm³/mol. The minimum atomic E-state index is -0.997. The molecule has 0 aliphatic rings. The first-order valence-corrected chi connectivity index (χ1v) is 4.87. The lowest BCUT2D eigenvalue weighted by molar-refractivity contribution is 0.0737. The SMILES string of the molecule is Cc1noc(Cn2cc(C(C)(C)O)nn2)n1. The van der Waals surface area contributed by atoms with Gasteiger partial charge in [-0.1, -0.05) is 10.4 Å².